The number of hydrogen-bond acceptors (Lipinski definition) is 1. The topological polar surface area (TPSA) is 18.1 Å². The lowest BCUT2D eigenvalue weighted by Crippen LogP contribution is -3.26. The summed E-state index contributed by atoms with van der Waals surface area (Å²) in [4.78, 5) is 3.33. The van der Waals surface area contributed by atoms with Gasteiger partial charge in [0.25, 0.3) is 0 Å². The molecule has 1 aliphatic rings. The average molecular weight is 284 g/mol. The molecule has 0 saturated carbocycles. The van der Waals surface area contributed by atoms with Crippen molar-refractivity contribution in [3.05, 3.63) is 60.2 Å². The largest absolute Gasteiger partial charge is 0.457 e. The minimum absolute atomic E-state index is 0.894. The van der Waals surface area contributed by atoms with Gasteiger partial charge in [-0.3, -0.25) is 0 Å². The van der Waals surface area contributed by atoms with Gasteiger partial charge < -0.3 is 14.5 Å². The first-order chi connectivity index (χ1) is 10.3. The Balaban J connectivity index is 1.63. The van der Waals surface area contributed by atoms with Crippen LogP contribution in [0.5, 0.6) is 11.5 Å². The Morgan fingerprint density at radius 3 is 2.33 bits per heavy atom. The van der Waals surface area contributed by atoms with Gasteiger partial charge in [0.2, 0.25) is 0 Å². The Bertz CT molecular complexity index is 562. The molecule has 1 aliphatic heterocycles. The van der Waals surface area contributed by atoms with Crippen LogP contribution in [0.25, 0.3) is 0 Å². The molecule has 1 heterocycles. The smallest absolute Gasteiger partial charge is 0.127 e. The molecule has 2 N–H and O–H groups in total. The maximum atomic E-state index is 5.91. The van der Waals surface area contributed by atoms with E-state index in [1.54, 1.807) is 9.80 Å². The van der Waals surface area contributed by atoms with Crippen LogP contribution < -0.4 is 14.5 Å². The summed E-state index contributed by atoms with van der Waals surface area (Å²) in [6.45, 7) is 6.16. The van der Waals surface area contributed by atoms with Crippen LogP contribution in [0.1, 0.15) is 5.56 Å². The van der Waals surface area contributed by atoms with Crippen molar-refractivity contribution in [1.82, 2.24) is 0 Å². The normalized spacial score (nSPS) is 22.0. The van der Waals surface area contributed by atoms with Crippen molar-refractivity contribution in [2.45, 2.75) is 6.54 Å². The molecule has 1 fully saturated rings. The molecule has 0 amide bonds. The van der Waals surface area contributed by atoms with E-state index >= 15 is 0 Å². The number of quaternary nitrogens is 2. The zero-order chi connectivity index (χ0) is 14.5. The Hall–Kier alpha value is -1.84. The standard InChI is InChI=1S/C18H22N2O/c1-19-10-12-20(13-11-19)15-16-6-5-9-18(14-16)21-17-7-3-2-4-8-17/h2-9,14H,10-13,15H2,1H3/p+2. The van der Waals surface area contributed by atoms with Crippen molar-refractivity contribution in [2.24, 2.45) is 0 Å². The van der Waals surface area contributed by atoms with Gasteiger partial charge in [-0.2, -0.15) is 0 Å². The zero-order valence-electron chi connectivity index (χ0n) is 12.6. The van der Waals surface area contributed by atoms with Crippen LogP contribution in [0.2, 0.25) is 0 Å². The third-order valence-electron chi connectivity index (χ3n) is 4.14. The molecule has 0 radical (unpaired) electrons. The molecule has 0 atom stereocenters. The first-order valence-corrected chi connectivity index (χ1v) is 7.76. The number of likely N-dealkylation sites (N-methyl/N-ethyl adjacent to an activating group) is 1. The fourth-order valence-electron chi connectivity index (χ4n) is 2.84. The van der Waals surface area contributed by atoms with Gasteiger partial charge in [-0.05, 0) is 24.3 Å². The van der Waals surface area contributed by atoms with Gasteiger partial charge in [0.05, 0.1) is 7.05 Å². The van der Waals surface area contributed by atoms with E-state index in [0.29, 0.717) is 0 Å². The van der Waals surface area contributed by atoms with E-state index in [1.807, 2.05) is 36.4 Å². The number of rotatable bonds is 4. The molecule has 3 nitrogen and oxygen atoms in total. The Kier molecular flexibility index (Phi) is 4.53. The van der Waals surface area contributed by atoms with Crippen molar-refractivity contribution in [1.29, 1.82) is 0 Å². The Morgan fingerprint density at radius 1 is 0.857 bits per heavy atom. The SMILES string of the molecule is C[NH+]1CC[NH+](Cc2cccc(Oc3ccccc3)c2)CC1. The van der Waals surface area contributed by atoms with Crippen LogP contribution in [0, 0.1) is 0 Å². The van der Waals surface area contributed by atoms with Gasteiger partial charge in [-0.1, -0.05) is 30.3 Å². The lowest BCUT2D eigenvalue weighted by atomic mass is 10.2. The molecule has 21 heavy (non-hydrogen) atoms. The number of hydrogen-bond donors (Lipinski definition) is 2. The highest BCUT2D eigenvalue weighted by atomic mass is 16.5. The second-order valence-corrected chi connectivity index (χ2v) is 5.95. The van der Waals surface area contributed by atoms with E-state index in [9.17, 15) is 0 Å². The summed E-state index contributed by atoms with van der Waals surface area (Å²) in [7, 11) is 2.28. The highest BCUT2D eigenvalue weighted by molar-refractivity contribution is 5.33. The molecule has 3 heteroatoms. The van der Waals surface area contributed by atoms with Crippen molar-refractivity contribution in [3.63, 3.8) is 0 Å². The minimum atomic E-state index is 0.894. The first-order valence-electron chi connectivity index (χ1n) is 7.76. The van der Waals surface area contributed by atoms with Gasteiger partial charge in [0.1, 0.15) is 44.2 Å². The van der Waals surface area contributed by atoms with Crippen LogP contribution in [-0.2, 0) is 6.54 Å². The van der Waals surface area contributed by atoms with Crippen LogP contribution in [0.3, 0.4) is 0 Å². The second kappa shape index (κ2) is 6.74. The number of piperazine rings is 1. The lowest BCUT2D eigenvalue weighted by molar-refractivity contribution is -1.01. The molecular formula is C18H24N2O+2. The minimum Gasteiger partial charge on any atom is -0.457 e. The molecule has 3 rings (SSSR count). The van der Waals surface area contributed by atoms with Gasteiger partial charge >= 0.3 is 0 Å². The van der Waals surface area contributed by atoms with Crippen LogP contribution in [0.4, 0.5) is 0 Å². The van der Waals surface area contributed by atoms with Crippen molar-refractivity contribution < 1.29 is 14.5 Å². The number of nitrogens with one attached hydrogen (secondary N) is 2. The molecule has 0 aliphatic carbocycles. The fraction of sp³-hybridized carbons (Fsp3) is 0.333. The van der Waals surface area contributed by atoms with E-state index < -0.39 is 0 Å². The Labute approximate surface area is 126 Å². The molecule has 2 aromatic rings. The summed E-state index contributed by atoms with van der Waals surface area (Å²) in [5.41, 5.74) is 1.36. The summed E-state index contributed by atoms with van der Waals surface area (Å²) < 4.78 is 5.91. The molecule has 0 spiro atoms. The van der Waals surface area contributed by atoms with Crippen molar-refractivity contribution in [3.8, 4) is 11.5 Å². The van der Waals surface area contributed by atoms with E-state index in [1.165, 1.54) is 31.7 Å². The number of ether oxygens (including phenoxy) is 1. The van der Waals surface area contributed by atoms with Gasteiger partial charge in [-0.25, -0.2) is 0 Å². The summed E-state index contributed by atoms with van der Waals surface area (Å²) in [6.07, 6.45) is 0. The quantitative estimate of drug-likeness (QED) is 0.831. The number of benzene rings is 2. The van der Waals surface area contributed by atoms with Crippen LogP contribution in [-0.4, -0.2) is 33.2 Å². The summed E-state index contributed by atoms with van der Waals surface area (Å²) in [5.74, 6) is 1.82. The van der Waals surface area contributed by atoms with E-state index in [0.717, 1.165) is 18.0 Å². The fourth-order valence-corrected chi connectivity index (χ4v) is 2.84. The average Bonchev–Trinajstić information content (AvgIpc) is 2.51. The maximum absolute atomic E-state index is 5.91. The molecule has 0 unspecified atom stereocenters. The molecule has 2 aromatic carbocycles. The summed E-state index contributed by atoms with van der Waals surface area (Å²) in [5, 5.41) is 0. The molecular weight excluding hydrogens is 260 g/mol. The predicted molar refractivity (Wildman–Crippen MR) is 84.0 cm³/mol. The molecule has 1 saturated heterocycles. The van der Waals surface area contributed by atoms with E-state index in [4.69, 9.17) is 4.74 Å². The van der Waals surface area contributed by atoms with Gasteiger partial charge in [0, 0.05) is 5.56 Å². The lowest BCUT2D eigenvalue weighted by Gasteiger charge is -2.27. The molecule has 0 aromatic heterocycles. The van der Waals surface area contributed by atoms with Gasteiger partial charge in [0.15, 0.2) is 0 Å². The van der Waals surface area contributed by atoms with Crippen molar-refractivity contribution in [2.75, 3.05) is 33.2 Å². The maximum Gasteiger partial charge on any atom is 0.127 e. The molecule has 0 bridgehead atoms. The van der Waals surface area contributed by atoms with Crippen LogP contribution in [0.15, 0.2) is 54.6 Å². The third kappa shape index (κ3) is 4.06. The molecule has 110 valence electrons. The highest BCUT2D eigenvalue weighted by Crippen LogP contribution is 2.21. The zero-order valence-corrected chi connectivity index (χ0v) is 12.6. The monoisotopic (exact) mass is 284 g/mol. The summed E-state index contributed by atoms with van der Waals surface area (Å²) in [6, 6.07) is 18.5. The number of para-hydroxylation sites is 1. The summed E-state index contributed by atoms with van der Waals surface area (Å²) >= 11 is 0. The second-order valence-electron chi connectivity index (χ2n) is 5.95. The Morgan fingerprint density at radius 2 is 1.57 bits per heavy atom. The third-order valence-corrected chi connectivity index (χ3v) is 4.14. The van der Waals surface area contributed by atoms with Crippen molar-refractivity contribution >= 4 is 0 Å². The highest BCUT2D eigenvalue weighted by Gasteiger charge is 2.19. The predicted octanol–water partition coefficient (Wildman–Crippen LogP) is 0.392. The van der Waals surface area contributed by atoms with E-state index in [-0.39, 0.29) is 0 Å². The van der Waals surface area contributed by atoms with Gasteiger partial charge in [-0.15, -0.1) is 0 Å². The van der Waals surface area contributed by atoms with Crippen LogP contribution >= 0.6 is 0 Å². The van der Waals surface area contributed by atoms with E-state index in [2.05, 4.69) is 25.2 Å². The first kappa shape index (κ1) is 14.1.